The number of fused-ring (bicyclic) bond motifs is 1. The normalized spacial score (nSPS) is 39.0. The number of nitrogens with one attached hydrogen (secondary N) is 2. The van der Waals surface area contributed by atoms with Gasteiger partial charge in [0.1, 0.15) is 0 Å². The third kappa shape index (κ3) is 3.49. The first-order valence-corrected chi connectivity index (χ1v) is 7.88. The lowest BCUT2D eigenvalue weighted by Gasteiger charge is -2.44. The first kappa shape index (κ1) is 19.0. The van der Waals surface area contributed by atoms with Gasteiger partial charge in [-0.2, -0.15) is 0 Å². The predicted molar refractivity (Wildman–Crippen MR) is 90.4 cm³/mol. The monoisotopic (exact) mass is 337 g/mol. The van der Waals surface area contributed by atoms with Gasteiger partial charge in [-0.15, -0.1) is 24.8 Å². The zero-order chi connectivity index (χ0) is 13.5. The fourth-order valence-corrected chi connectivity index (χ4v) is 4.48. The molecule has 2 saturated heterocycles. The van der Waals surface area contributed by atoms with Crippen LogP contribution in [0.5, 0.6) is 0 Å². The Labute approximate surface area is 140 Å². The van der Waals surface area contributed by atoms with Crippen LogP contribution in [-0.4, -0.2) is 49.1 Å². The molecule has 0 spiro atoms. The Hall–Kier alpha value is -0.0300. The van der Waals surface area contributed by atoms with Crippen LogP contribution in [0.3, 0.4) is 0 Å². The van der Waals surface area contributed by atoms with Crippen LogP contribution in [0.1, 0.15) is 39.5 Å². The molecule has 21 heavy (non-hydrogen) atoms. The summed E-state index contributed by atoms with van der Waals surface area (Å²) in [6.45, 7) is 8.05. The predicted octanol–water partition coefficient (Wildman–Crippen LogP) is 1.82. The van der Waals surface area contributed by atoms with Crippen LogP contribution in [-0.2, 0) is 4.79 Å². The minimum absolute atomic E-state index is 0. The average molecular weight is 338 g/mol. The molecule has 1 amide bonds. The molecule has 0 aromatic heterocycles. The topological polar surface area (TPSA) is 44.4 Å². The van der Waals surface area contributed by atoms with Gasteiger partial charge in [-0.3, -0.25) is 4.79 Å². The van der Waals surface area contributed by atoms with Gasteiger partial charge in [-0.05, 0) is 39.2 Å². The van der Waals surface area contributed by atoms with Gasteiger partial charge in [-0.25, -0.2) is 0 Å². The molecule has 6 heteroatoms. The lowest BCUT2D eigenvalue weighted by Crippen LogP contribution is -2.60. The Bertz CT molecular complexity index is 359. The number of amides is 1. The molecule has 3 rings (SSSR count). The van der Waals surface area contributed by atoms with E-state index in [1.54, 1.807) is 0 Å². The maximum atomic E-state index is 13.1. The fraction of sp³-hybridized carbons (Fsp3) is 0.933. The number of nitrogens with zero attached hydrogens (tertiary/aromatic N) is 1. The fourth-order valence-electron chi connectivity index (χ4n) is 4.48. The standard InChI is InChI=1S/C15H27N3O.2ClH/c1-11-8-18(9-12(2)17-11)14(19)15-6-4-3-5-13(15)7-16-10-15;;/h11-13,16-17H,3-10H2,1-2H3;2*1H/t11?,12?,13-,15+;;/m0../s1. The second-order valence-electron chi connectivity index (χ2n) is 6.91. The van der Waals surface area contributed by atoms with E-state index in [9.17, 15) is 4.79 Å². The largest absolute Gasteiger partial charge is 0.339 e. The van der Waals surface area contributed by atoms with Crippen LogP contribution in [0.2, 0.25) is 0 Å². The number of rotatable bonds is 1. The van der Waals surface area contributed by atoms with E-state index in [4.69, 9.17) is 0 Å². The zero-order valence-electron chi connectivity index (χ0n) is 13.1. The van der Waals surface area contributed by atoms with Crippen LogP contribution < -0.4 is 10.6 Å². The van der Waals surface area contributed by atoms with Crippen molar-refractivity contribution in [2.45, 2.75) is 51.6 Å². The van der Waals surface area contributed by atoms with Crippen molar-refractivity contribution in [2.24, 2.45) is 11.3 Å². The highest BCUT2D eigenvalue weighted by Crippen LogP contribution is 2.45. The quantitative estimate of drug-likeness (QED) is 0.767. The van der Waals surface area contributed by atoms with Gasteiger partial charge in [0.05, 0.1) is 5.41 Å². The van der Waals surface area contributed by atoms with E-state index in [-0.39, 0.29) is 30.2 Å². The molecule has 0 bridgehead atoms. The molecule has 3 aliphatic rings. The van der Waals surface area contributed by atoms with Gasteiger partial charge < -0.3 is 15.5 Å². The number of piperazine rings is 1. The molecule has 1 saturated carbocycles. The molecule has 2 unspecified atom stereocenters. The van der Waals surface area contributed by atoms with E-state index in [1.165, 1.54) is 19.3 Å². The van der Waals surface area contributed by atoms with Crippen LogP contribution in [0, 0.1) is 11.3 Å². The summed E-state index contributed by atoms with van der Waals surface area (Å²) in [5.74, 6) is 1.01. The summed E-state index contributed by atoms with van der Waals surface area (Å²) in [6.07, 6.45) is 4.85. The maximum Gasteiger partial charge on any atom is 0.230 e. The second kappa shape index (κ2) is 7.49. The minimum atomic E-state index is -0.0744. The molecule has 0 aromatic carbocycles. The number of carbonyl (C=O) groups excluding carboxylic acids is 1. The molecule has 0 aromatic rings. The van der Waals surface area contributed by atoms with E-state index < -0.39 is 0 Å². The number of halogens is 2. The van der Waals surface area contributed by atoms with Gasteiger partial charge in [0.25, 0.3) is 0 Å². The summed E-state index contributed by atoms with van der Waals surface area (Å²) in [6, 6.07) is 0.834. The SMILES string of the molecule is CC1CN(C(=O)[C@@]23CCCC[C@H]2CNC3)CC(C)N1.Cl.Cl. The van der Waals surface area contributed by atoms with Gasteiger partial charge in [-0.1, -0.05) is 12.8 Å². The Morgan fingerprint density at radius 2 is 1.81 bits per heavy atom. The molecule has 2 heterocycles. The Balaban J connectivity index is 0.00000110. The van der Waals surface area contributed by atoms with Crippen LogP contribution in [0.4, 0.5) is 0 Å². The molecule has 124 valence electrons. The number of carbonyl (C=O) groups is 1. The summed E-state index contributed by atoms with van der Waals surface area (Å²) in [5, 5.41) is 7.00. The highest BCUT2D eigenvalue weighted by molar-refractivity contribution is 5.85. The van der Waals surface area contributed by atoms with Gasteiger partial charge in [0, 0.05) is 31.7 Å². The van der Waals surface area contributed by atoms with E-state index in [1.807, 2.05) is 0 Å². The van der Waals surface area contributed by atoms with Crippen molar-refractivity contribution in [2.75, 3.05) is 26.2 Å². The van der Waals surface area contributed by atoms with Crippen LogP contribution in [0.25, 0.3) is 0 Å². The third-order valence-electron chi connectivity index (χ3n) is 5.31. The maximum absolute atomic E-state index is 13.1. The van der Waals surface area contributed by atoms with Crippen molar-refractivity contribution >= 4 is 30.7 Å². The highest BCUT2D eigenvalue weighted by atomic mass is 35.5. The molecule has 4 atom stereocenters. The third-order valence-corrected chi connectivity index (χ3v) is 5.31. The smallest absolute Gasteiger partial charge is 0.230 e. The van der Waals surface area contributed by atoms with Crippen molar-refractivity contribution in [3.05, 3.63) is 0 Å². The summed E-state index contributed by atoms with van der Waals surface area (Å²) in [5.41, 5.74) is -0.0744. The molecular weight excluding hydrogens is 309 g/mol. The molecule has 4 nitrogen and oxygen atoms in total. The molecular formula is C15H29Cl2N3O. The van der Waals surface area contributed by atoms with E-state index in [0.29, 0.717) is 23.9 Å². The van der Waals surface area contributed by atoms with Crippen molar-refractivity contribution in [1.29, 1.82) is 0 Å². The first-order valence-electron chi connectivity index (χ1n) is 7.88. The Morgan fingerprint density at radius 1 is 1.14 bits per heavy atom. The first-order chi connectivity index (χ1) is 9.12. The molecule has 0 radical (unpaired) electrons. The van der Waals surface area contributed by atoms with Crippen molar-refractivity contribution in [3.63, 3.8) is 0 Å². The van der Waals surface area contributed by atoms with E-state index in [2.05, 4.69) is 29.4 Å². The van der Waals surface area contributed by atoms with E-state index in [0.717, 1.165) is 32.6 Å². The number of hydrogen-bond donors (Lipinski definition) is 2. The Kier molecular flexibility index (Phi) is 6.79. The summed E-state index contributed by atoms with van der Waals surface area (Å²) in [4.78, 5) is 15.2. The Morgan fingerprint density at radius 3 is 2.48 bits per heavy atom. The molecule has 3 fully saturated rings. The average Bonchev–Trinajstić information content (AvgIpc) is 2.81. The second-order valence-corrected chi connectivity index (χ2v) is 6.91. The van der Waals surface area contributed by atoms with Crippen molar-refractivity contribution in [1.82, 2.24) is 15.5 Å². The number of hydrogen-bond acceptors (Lipinski definition) is 3. The summed E-state index contributed by atoms with van der Waals surface area (Å²) in [7, 11) is 0. The lowest BCUT2D eigenvalue weighted by atomic mass is 9.67. The van der Waals surface area contributed by atoms with Crippen LogP contribution in [0.15, 0.2) is 0 Å². The summed E-state index contributed by atoms with van der Waals surface area (Å²) >= 11 is 0. The minimum Gasteiger partial charge on any atom is -0.339 e. The van der Waals surface area contributed by atoms with Crippen molar-refractivity contribution < 1.29 is 4.79 Å². The molecule has 2 aliphatic heterocycles. The zero-order valence-corrected chi connectivity index (χ0v) is 14.7. The van der Waals surface area contributed by atoms with E-state index >= 15 is 0 Å². The summed E-state index contributed by atoms with van der Waals surface area (Å²) < 4.78 is 0. The van der Waals surface area contributed by atoms with Gasteiger partial charge >= 0.3 is 0 Å². The molecule has 2 N–H and O–H groups in total. The van der Waals surface area contributed by atoms with Crippen molar-refractivity contribution in [3.8, 4) is 0 Å². The highest BCUT2D eigenvalue weighted by Gasteiger charge is 2.51. The van der Waals surface area contributed by atoms with Crippen LogP contribution >= 0.6 is 24.8 Å². The lowest BCUT2D eigenvalue weighted by molar-refractivity contribution is -0.147. The van der Waals surface area contributed by atoms with Gasteiger partial charge in [0.15, 0.2) is 0 Å². The molecule has 1 aliphatic carbocycles. The van der Waals surface area contributed by atoms with Gasteiger partial charge in [0.2, 0.25) is 5.91 Å².